The average molecular weight is 173 g/mol. The van der Waals surface area contributed by atoms with E-state index in [-0.39, 0.29) is 18.4 Å². The molecule has 0 heterocycles. The molecule has 0 aromatic carbocycles. The highest BCUT2D eigenvalue weighted by atomic mass is 16.3. The van der Waals surface area contributed by atoms with E-state index in [9.17, 15) is 4.79 Å². The minimum absolute atomic E-state index is 0.0582. The molecule has 0 aliphatic rings. The zero-order valence-electron chi connectivity index (χ0n) is 8.21. The molecule has 0 radical (unpaired) electrons. The number of rotatable bonds is 6. The van der Waals surface area contributed by atoms with Gasteiger partial charge >= 0.3 is 0 Å². The second-order valence-corrected chi connectivity index (χ2v) is 3.05. The quantitative estimate of drug-likeness (QED) is 0.641. The monoisotopic (exact) mass is 173 g/mol. The van der Waals surface area contributed by atoms with Crippen molar-refractivity contribution in [1.29, 1.82) is 0 Å². The van der Waals surface area contributed by atoms with Crippen LogP contribution in [0.15, 0.2) is 0 Å². The van der Waals surface area contributed by atoms with Crippen LogP contribution in [0.1, 0.15) is 27.2 Å². The van der Waals surface area contributed by atoms with Gasteiger partial charge in [-0.05, 0) is 26.8 Å². The topological polar surface area (TPSA) is 40.5 Å². The number of Topliss-reactive ketones (excluding diaryl/α,β-unsaturated/α-hetero) is 1. The number of carbonyl (C=O) groups is 1. The number of carbonyl (C=O) groups excluding carboxylic acids is 1. The highest BCUT2D eigenvalue weighted by Gasteiger charge is 2.15. The molecule has 0 saturated carbocycles. The molecule has 3 nitrogen and oxygen atoms in total. The number of hydrogen-bond donors (Lipinski definition) is 1. The Morgan fingerprint density at radius 1 is 1.50 bits per heavy atom. The summed E-state index contributed by atoms with van der Waals surface area (Å²) in [6, 6.07) is -0.0582. The van der Waals surface area contributed by atoms with Gasteiger partial charge in [-0.2, -0.15) is 0 Å². The van der Waals surface area contributed by atoms with Crippen LogP contribution in [0.3, 0.4) is 0 Å². The van der Waals surface area contributed by atoms with Crippen molar-refractivity contribution in [2.75, 3.05) is 19.7 Å². The van der Waals surface area contributed by atoms with E-state index in [1.165, 1.54) is 0 Å². The Bertz CT molecular complexity index is 130. The van der Waals surface area contributed by atoms with E-state index in [0.717, 1.165) is 13.0 Å². The maximum absolute atomic E-state index is 11.0. The predicted molar refractivity (Wildman–Crippen MR) is 49.1 cm³/mol. The third-order valence-electron chi connectivity index (χ3n) is 2.03. The van der Waals surface area contributed by atoms with Crippen molar-refractivity contribution in [2.24, 2.45) is 0 Å². The Kier molecular flexibility index (Phi) is 5.93. The summed E-state index contributed by atoms with van der Waals surface area (Å²) >= 11 is 0. The first-order valence-electron chi connectivity index (χ1n) is 4.48. The van der Waals surface area contributed by atoms with Crippen LogP contribution in [0.2, 0.25) is 0 Å². The van der Waals surface area contributed by atoms with E-state index in [0.29, 0.717) is 6.54 Å². The molecule has 0 saturated heterocycles. The van der Waals surface area contributed by atoms with Gasteiger partial charge in [0.25, 0.3) is 0 Å². The van der Waals surface area contributed by atoms with Gasteiger partial charge in [-0.1, -0.05) is 6.92 Å². The number of hydrogen-bond acceptors (Lipinski definition) is 3. The second-order valence-electron chi connectivity index (χ2n) is 3.05. The van der Waals surface area contributed by atoms with Gasteiger partial charge < -0.3 is 5.11 Å². The summed E-state index contributed by atoms with van der Waals surface area (Å²) in [6.07, 6.45) is 1.01. The van der Waals surface area contributed by atoms with Gasteiger partial charge in [-0.25, -0.2) is 0 Å². The molecule has 3 heteroatoms. The Morgan fingerprint density at radius 2 is 2.08 bits per heavy atom. The highest BCUT2D eigenvalue weighted by Crippen LogP contribution is 2.00. The molecule has 0 aliphatic carbocycles. The average Bonchev–Trinajstić information content (AvgIpc) is 2.03. The summed E-state index contributed by atoms with van der Waals surface area (Å²) in [4.78, 5) is 13.0. The Morgan fingerprint density at radius 3 is 2.42 bits per heavy atom. The van der Waals surface area contributed by atoms with Crippen LogP contribution < -0.4 is 0 Å². The normalized spacial score (nSPS) is 13.4. The van der Waals surface area contributed by atoms with Gasteiger partial charge in [0, 0.05) is 6.54 Å². The van der Waals surface area contributed by atoms with E-state index in [4.69, 9.17) is 5.11 Å². The van der Waals surface area contributed by atoms with Crippen molar-refractivity contribution in [3.8, 4) is 0 Å². The third kappa shape index (κ3) is 3.83. The SMILES string of the molecule is CCCN(CCO)C(C)C(C)=O. The summed E-state index contributed by atoms with van der Waals surface area (Å²) in [6.45, 7) is 7.13. The van der Waals surface area contributed by atoms with Crippen molar-refractivity contribution in [2.45, 2.75) is 33.2 Å². The molecule has 0 spiro atoms. The number of aliphatic hydroxyl groups excluding tert-OH is 1. The van der Waals surface area contributed by atoms with Crippen molar-refractivity contribution in [3.63, 3.8) is 0 Å². The lowest BCUT2D eigenvalue weighted by molar-refractivity contribution is -0.121. The minimum Gasteiger partial charge on any atom is -0.395 e. The van der Waals surface area contributed by atoms with Gasteiger partial charge in [0.15, 0.2) is 0 Å². The van der Waals surface area contributed by atoms with Gasteiger partial charge in [0.05, 0.1) is 12.6 Å². The molecule has 0 aliphatic heterocycles. The van der Waals surface area contributed by atoms with Crippen molar-refractivity contribution in [3.05, 3.63) is 0 Å². The lowest BCUT2D eigenvalue weighted by Gasteiger charge is -2.25. The second kappa shape index (κ2) is 6.14. The summed E-state index contributed by atoms with van der Waals surface area (Å²) < 4.78 is 0. The molecule has 12 heavy (non-hydrogen) atoms. The van der Waals surface area contributed by atoms with E-state index in [1.54, 1.807) is 6.92 Å². The molecule has 0 bridgehead atoms. The summed E-state index contributed by atoms with van der Waals surface area (Å²) in [5, 5.41) is 8.74. The van der Waals surface area contributed by atoms with Gasteiger partial charge in [-0.15, -0.1) is 0 Å². The Hall–Kier alpha value is -0.410. The highest BCUT2D eigenvalue weighted by molar-refractivity contribution is 5.80. The van der Waals surface area contributed by atoms with Crippen LogP contribution in [-0.4, -0.2) is 41.5 Å². The maximum atomic E-state index is 11.0. The van der Waals surface area contributed by atoms with Crippen LogP contribution in [-0.2, 0) is 4.79 Å². The van der Waals surface area contributed by atoms with Crippen LogP contribution in [0.25, 0.3) is 0 Å². The number of ketones is 1. The molecular formula is C9H19NO2. The minimum atomic E-state index is -0.0582. The number of nitrogens with zero attached hydrogens (tertiary/aromatic N) is 1. The fourth-order valence-corrected chi connectivity index (χ4v) is 1.17. The van der Waals surface area contributed by atoms with Crippen LogP contribution in [0, 0.1) is 0 Å². The van der Waals surface area contributed by atoms with Crippen molar-refractivity contribution < 1.29 is 9.90 Å². The fraction of sp³-hybridized carbons (Fsp3) is 0.889. The van der Waals surface area contributed by atoms with E-state index in [2.05, 4.69) is 6.92 Å². The van der Waals surface area contributed by atoms with E-state index in [1.807, 2.05) is 11.8 Å². The van der Waals surface area contributed by atoms with E-state index < -0.39 is 0 Å². The molecule has 0 aromatic rings. The summed E-state index contributed by atoms with van der Waals surface area (Å²) in [7, 11) is 0. The Balaban J connectivity index is 3.98. The molecule has 0 rings (SSSR count). The smallest absolute Gasteiger partial charge is 0.146 e. The molecule has 0 fully saturated rings. The fourth-order valence-electron chi connectivity index (χ4n) is 1.17. The van der Waals surface area contributed by atoms with Gasteiger partial charge in [0.2, 0.25) is 0 Å². The van der Waals surface area contributed by atoms with Crippen LogP contribution in [0.5, 0.6) is 0 Å². The lowest BCUT2D eigenvalue weighted by atomic mass is 10.2. The lowest BCUT2D eigenvalue weighted by Crippen LogP contribution is -2.40. The first kappa shape index (κ1) is 11.6. The van der Waals surface area contributed by atoms with Gasteiger partial charge in [-0.3, -0.25) is 9.69 Å². The molecule has 1 unspecified atom stereocenters. The molecule has 1 atom stereocenters. The van der Waals surface area contributed by atoms with Crippen molar-refractivity contribution >= 4 is 5.78 Å². The standard InChI is InChI=1S/C9H19NO2/c1-4-5-10(6-7-11)8(2)9(3)12/h8,11H,4-7H2,1-3H3. The predicted octanol–water partition coefficient (Wildman–Crippen LogP) is 0.668. The zero-order chi connectivity index (χ0) is 9.56. The largest absolute Gasteiger partial charge is 0.395 e. The van der Waals surface area contributed by atoms with E-state index >= 15 is 0 Å². The molecule has 72 valence electrons. The Labute approximate surface area is 74.4 Å². The van der Waals surface area contributed by atoms with Gasteiger partial charge in [0.1, 0.15) is 5.78 Å². The zero-order valence-corrected chi connectivity index (χ0v) is 8.21. The summed E-state index contributed by atoms with van der Waals surface area (Å²) in [5.74, 6) is 0.164. The summed E-state index contributed by atoms with van der Waals surface area (Å²) in [5.41, 5.74) is 0. The van der Waals surface area contributed by atoms with Crippen LogP contribution in [0.4, 0.5) is 0 Å². The third-order valence-corrected chi connectivity index (χ3v) is 2.03. The molecular weight excluding hydrogens is 154 g/mol. The molecule has 0 amide bonds. The molecule has 1 N–H and O–H groups in total. The first-order valence-corrected chi connectivity index (χ1v) is 4.48. The number of aliphatic hydroxyl groups is 1. The maximum Gasteiger partial charge on any atom is 0.146 e. The molecule has 0 aromatic heterocycles. The first-order chi connectivity index (χ1) is 5.63. The van der Waals surface area contributed by atoms with Crippen molar-refractivity contribution in [1.82, 2.24) is 4.90 Å². The van der Waals surface area contributed by atoms with Crippen LogP contribution >= 0.6 is 0 Å².